The molecule has 8 nitrogen and oxygen atoms in total. The number of carbonyl (C=O) groups is 3. The smallest absolute Gasteiger partial charge is 0.242 e. The molecule has 0 aliphatic carbocycles. The van der Waals surface area contributed by atoms with E-state index < -0.39 is 11.5 Å². The summed E-state index contributed by atoms with van der Waals surface area (Å²) in [6.07, 6.45) is 1.90. The third-order valence-electron chi connectivity index (χ3n) is 7.37. The first-order valence-corrected chi connectivity index (χ1v) is 12.4. The number of nitrogens with one attached hydrogen (secondary N) is 2. The van der Waals surface area contributed by atoms with Gasteiger partial charge in [-0.25, -0.2) is 4.39 Å². The van der Waals surface area contributed by atoms with E-state index in [0.29, 0.717) is 32.5 Å². The van der Waals surface area contributed by atoms with Gasteiger partial charge in [-0.2, -0.15) is 0 Å². The van der Waals surface area contributed by atoms with Crippen LogP contribution in [0.25, 0.3) is 0 Å². The van der Waals surface area contributed by atoms with Gasteiger partial charge in [-0.1, -0.05) is 13.8 Å². The third kappa shape index (κ3) is 5.35. The summed E-state index contributed by atoms with van der Waals surface area (Å²) in [5.41, 5.74) is 0.417. The summed E-state index contributed by atoms with van der Waals surface area (Å²) in [6, 6.07) is 6.09. The monoisotopic (exact) mass is 473 g/mol. The third-order valence-corrected chi connectivity index (χ3v) is 7.37. The number of amides is 3. The second-order valence-corrected chi connectivity index (χ2v) is 10.1. The maximum Gasteiger partial charge on any atom is 0.242 e. The average Bonchev–Trinajstić information content (AvgIpc) is 3.41. The first kappa shape index (κ1) is 24.4. The number of hydrogen-bond donors (Lipinski definition) is 2. The maximum absolute atomic E-state index is 13.1. The highest BCUT2D eigenvalue weighted by molar-refractivity contribution is 5.95. The lowest BCUT2D eigenvalue weighted by molar-refractivity contribution is -0.134. The molecular weight excluding hydrogens is 437 g/mol. The fourth-order valence-corrected chi connectivity index (χ4v) is 5.30. The lowest BCUT2D eigenvalue weighted by Gasteiger charge is -2.36. The molecule has 1 aromatic rings. The molecule has 0 aromatic heterocycles. The fourth-order valence-electron chi connectivity index (χ4n) is 5.30. The molecule has 3 aliphatic rings. The lowest BCUT2D eigenvalue weighted by atomic mass is 9.84. The SMILES string of the molecule is CC(C)C(=O)N1CC[C@@]2(C[C@@H](C(=O)NCCCN3CCN(c4ccc(F)cc4)CC3)NC2=O)C1. The molecule has 0 radical (unpaired) electrons. The summed E-state index contributed by atoms with van der Waals surface area (Å²) >= 11 is 0. The van der Waals surface area contributed by atoms with Gasteiger partial charge >= 0.3 is 0 Å². The zero-order valence-electron chi connectivity index (χ0n) is 20.2. The van der Waals surface area contributed by atoms with Crippen molar-refractivity contribution in [3.8, 4) is 0 Å². The van der Waals surface area contributed by atoms with Gasteiger partial charge in [0.15, 0.2) is 0 Å². The molecule has 3 aliphatic heterocycles. The molecule has 186 valence electrons. The van der Waals surface area contributed by atoms with Crippen LogP contribution in [0.5, 0.6) is 0 Å². The highest BCUT2D eigenvalue weighted by Gasteiger charge is 2.53. The predicted octanol–water partition coefficient (Wildman–Crippen LogP) is 1.22. The predicted molar refractivity (Wildman–Crippen MR) is 128 cm³/mol. The molecule has 2 N–H and O–H groups in total. The topological polar surface area (TPSA) is 85.0 Å². The van der Waals surface area contributed by atoms with E-state index in [2.05, 4.69) is 20.4 Å². The number of hydrogen-bond acceptors (Lipinski definition) is 5. The molecule has 4 rings (SSSR count). The van der Waals surface area contributed by atoms with Gasteiger partial charge in [0.2, 0.25) is 17.7 Å². The second kappa shape index (κ2) is 10.3. The summed E-state index contributed by atoms with van der Waals surface area (Å²) in [5.74, 6) is -0.491. The molecule has 3 saturated heterocycles. The molecule has 0 bridgehead atoms. The first-order valence-electron chi connectivity index (χ1n) is 12.4. The van der Waals surface area contributed by atoms with Gasteiger partial charge < -0.3 is 20.4 Å². The van der Waals surface area contributed by atoms with Gasteiger partial charge in [0.25, 0.3) is 0 Å². The van der Waals surface area contributed by atoms with E-state index in [1.54, 1.807) is 4.90 Å². The average molecular weight is 474 g/mol. The Kier molecular flexibility index (Phi) is 7.40. The maximum atomic E-state index is 13.1. The van der Waals surface area contributed by atoms with E-state index in [1.165, 1.54) is 12.1 Å². The molecule has 3 heterocycles. The Labute approximate surface area is 200 Å². The first-order chi connectivity index (χ1) is 16.3. The Morgan fingerprint density at radius 2 is 1.85 bits per heavy atom. The van der Waals surface area contributed by atoms with Gasteiger partial charge in [0.1, 0.15) is 11.9 Å². The van der Waals surface area contributed by atoms with E-state index in [1.807, 2.05) is 26.0 Å². The Hall–Kier alpha value is -2.68. The molecule has 3 fully saturated rings. The Bertz CT molecular complexity index is 900. The summed E-state index contributed by atoms with van der Waals surface area (Å²) in [6.45, 7) is 9.81. The van der Waals surface area contributed by atoms with Gasteiger partial charge in [-0.3, -0.25) is 19.3 Å². The van der Waals surface area contributed by atoms with E-state index in [9.17, 15) is 18.8 Å². The Morgan fingerprint density at radius 3 is 2.53 bits per heavy atom. The normalized spacial score (nSPS) is 25.3. The van der Waals surface area contributed by atoms with Crippen molar-refractivity contribution < 1.29 is 18.8 Å². The van der Waals surface area contributed by atoms with Crippen LogP contribution >= 0.6 is 0 Å². The molecule has 0 unspecified atom stereocenters. The minimum atomic E-state index is -0.628. The van der Waals surface area contributed by atoms with Gasteiger partial charge in [0, 0.05) is 57.4 Å². The summed E-state index contributed by atoms with van der Waals surface area (Å²) in [5, 5.41) is 5.84. The van der Waals surface area contributed by atoms with Gasteiger partial charge in [0.05, 0.1) is 5.41 Å². The van der Waals surface area contributed by atoms with Crippen molar-refractivity contribution in [2.24, 2.45) is 11.3 Å². The largest absolute Gasteiger partial charge is 0.369 e. The fraction of sp³-hybridized carbons (Fsp3) is 0.640. The van der Waals surface area contributed by atoms with Crippen molar-refractivity contribution in [1.82, 2.24) is 20.4 Å². The quantitative estimate of drug-likeness (QED) is 0.582. The number of benzene rings is 1. The van der Waals surface area contributed by atoms with Crippen LogP contribution in [-0.2, 0) is 14.4 Å². The highest BCUT2D eigenvalue weighted by Crippen LogP contribution is 2.40. The van der Waals surface area contributed by atoms with Gasteiger partial charge in [-0.05, 0) is 50.1 Å². The standard InChI is InChI=1S/C25H36FN5O3/c1-18(2)23(33)31-11-8-25(17-31)16-21(28-24(25)34)22(32)27-9-3-10-29-12-14-30(15-13-29)20-6-4-19(26)5-7-20/h4-7,18,21H,3,8-17H2,1-2H3,(H,27,32)(H,28,34)/t21-,25+/m0/s1. The minimum absolute atomic E-state index is 0.0658. The molecular formula is C25H36FN5O3. The number of piperazine rings is 1. The number of nitrogens with zero attached hydrogens (tertiary/aromatic N) is 3. The van der Waals surface area contributed by atoms with Gasteiger partial charge in [-0.15, -0.1) is 0 Å². The van der Waals surface area contributed by atoms with Crippen LogP contribution in [0.4, 0.5) is 10.1 Å². The zero-order chi connectivity index (χ0) is 24.3. The van der Waals surface area contributed by atoms with E-state index >= 15 is 0 Å². The van der Waals surface area contributed by atoms with Crippen molar-refractivity contribution in [2.45, 2.75) is 39.2 Å². The summed E-state index contributed by atoms with van der Waals surface area (Å²) in [7, 11) is 0. The molecule has 1 aromatic carbocycles. The highest BCUT2D eigenvalue weighted by atomic mass is 19.1. The van der Waals surface area contributed by atoms with Crippen molar-refractivity contribution in [1.29, 1.82) is 0 Å². The van der Waals surface area contributed by atoms with Crippen molar-refractivity contribution in [3.63, 3.8) is 0 Å². The number of carbonyl (C=O) groups excluding carboxylic acids is 3. The van der Waals surface area contributed by atoms with Crippen LogP contribution in [0.15, 0.2) is 24.3 Å². The van der Waals surface area contributed by atoms with Crippen LogP contribution < -0.4 is 15.5 Å². The molecule has 2 atom stereocenters. The molecule has 9 heteroatoms. The van der Waals surface area contributed by atoms with Crippen LogP contribution in [0.1, 0.15) is 33.1 Å². The van der Waals surface area contributed by atoms with E-state index in [-0.39, 0.29) is 29.5 Å². The number of anilines is 1. The van der Waals surface area contributed by atoms with Crippen molar-refractivity contribution >= 4 is 23.4 Å². The molecule has 1 spiro atoms. The van der Waals surface area contributed by atoms with Crippen LogP contribution in [0, 0.1) is 17.2 Å². The summed E-state index contributed by atoms with van der Waals surface area (Å²) in [4.78, 5) is 44.1. The van der Waals surface area contributed by atoms with Crippen LogP contribution in [0.2, 0.25) is 0 Å². The molecule has 34 heavy (non-hydrogen) atoms. The summed E-state index contributed by atoms with van der Waals surface area (Å²) < 4.78 is 13.1. The zero-order valence-corrected chi connectivity index (χ0v) is 20.2. The lowest BCUT2D eigenvalue weighted by Crippen LogP contribution is -2.47. The van der Waals surface area contributed by atoms with Crippen LogP contribution in [-0.4, -0.2) is 85.9 Å². The van der Waals surface area contributed by atoms with Crippen molar-refractivity contribution in [3.05, 3.63) is 30.1 Å². The van der Waals surface area contributed by atoms with Crippen LogP contribution in [0.3, 0.4) is 0 Å². The van der Waals surface area contributed by atoms with E-state index in [0.717, 1.165) is 44.8 Å². The van der Waals surface area contributed by atoms with E-state index in [4.69, 9.17) is 0 Å². The number of halogens is 1. The minimum Gasteiger partial charge on any atom is -0.369 e. The number of likely N-dealkylation sites (tertiary alicyclic amines) is 1. The van der Waals surface area contributed by atoms with Crippen molar-refractivity contribution in [2.75, 3.05) is 57.3 Å². The second-order valence-electron chi connectivity index (χ2n) is 10.1. The molecule has 0 saturated carbocycles. The molecule has 3 amide bonds. The number of rotatable bonds is 7. The Balaban J connectivity index is 1.15. The Morgan fingerprint density at radius 1 is 1.15 bits per heavy atom.